The molecule has 3 nitrogen and oxygen atoms in total. The lowest BCUT2D eigenvalue weighted by atomic mass is 10.1. The Morgan fingerprint density at radius 2 is 2.16 bits per heavy atom. The lowest BCUT2D eigenvalue weighted by Crippen LogP contribution is -2.03. The van der Waals surface area contributed by atoms with Crippen molar-refractivity contribution >= 4 is 23.0 Å². The summed E-state index contributed by atoms with van der Waals surface area (Å²) in [7, 11) is 0. The Balaban J connectivity index is 2.17. The van der Waals surface area contributed by atoms with Gasteiger partial charge in [-0.05, 0) is 37.1 Å². The van der Waals surface area contributed by atoms with E-state index >= 15 is 0 Å². The number of nitrogens with one attached hydrogen (secondary N) is 1. The van der Waals surface area contributed by atoms with Crippen LogP contribution < -0.4 is 5.32 Å². The van der Waals surface area contributed by atoms with Gasteiger partial charge in [-0.1, -0.05) is 12.1 Å². The molecule has 0 atom stereocenters. The number of carboxylic acids is 1. The van der Waals surface area contributed by atoms with E-state index < -0.39 is 5.97 Å². The Kier molecular flexibility index (Phi) is 3.85. The number of rotatable bonds is 4. The molecular formula is C14H14FNO2S. The number of halogens is 1. The number of anilines is 1. The molecule has 19 heavy (non-hydrogen) atoms. The smallest absolute Gasteiger partial charge is 0.345 e. The molecule has 0 aliphatic carbocycles. The summed E-state index contributed by atoms with van der Waals surface area (Å²) >= 11 is 1.23. The van der Waals surface area contributed by atoms with Crippen molar-refractivity contribution in [3.63, 3.8) is 0 Å². The van der Waals surface area contributed by atoms with Crippen LogP contribution in [0, 0.1) is 19.7 Å². The average Bonchev–Trinajstić information content (AvgIpc) is 2.70. The largest absolute Gasteiger partial charge is 0.477 e. The normalized spacial score (nSPS) is 10.5. The number of hydrogen-bond donors (Lipinski definition) is 2. The van der Waals surface area contributed by atoms with Crippen molar-refractivity contribution in [1.82, 2.24) is 0 Å². The molecule has 5 heteroatoms. The van der Waals surface area contributed by atoms with Gasteiger partial charge >= 0.3 is 5.97 Å². The molecule has 0 radical (unpaired) electrons. The van der Waals surface area contributed by atoms with E-state index in [4.69, 9.17) is 5.11 Å². The maximum Gasteiger partial charge on any atom is 0.345 e. The summed E-state index contributed by atoms with van der Waals surface area (Å²) in [5, 5.41) is 12.0. The SMILES string of the molecule is Cc1cccc(F)c1NCc1cc(C(=O)O)sc1C. The maximum atomic E-state index is 13.6. The maximum absolute atomic E-state index is 13.6. The van der Waals surface area contributed by atoms with Crippen LogP contribution in [0.1, 0.15) is 25.7 Å². The van der Waals surface area contributed by atoms with E-state index in [1.165, 1.54) is 17.4 Å². The van der Waals surface area contributed by atoms with Gasteiger partial charge in [0, 0.05) is 11.4 Å². The zero-order valence-corrected chi connectivity index (χ0v) is 11.5. The third-order valence-corrected chi connectivity index (χ3v) is 3.99. The molecule has 0 saturated heterocycles. The number of aryl methyl sites for hydroxylation is 2. The molecule has 0 fully saturated rings. The second kappa shape index (κ2) is 5.40. The third-order valence-electron chi connectivity index (χ3n) is 2.91. The molecule has 1 aromatic carbocycles. The summed E-state index contributed by atoms with van der Waals surface area (Å²) in [6.45, 7) is 4.11. The predicted octanol–water partition coefficient (Wildman–Crippen LogP) is 3.81. The van der Waals surface area contributed by atoms with Crippen LogP contribution in [-0.4, -0.2) is 11.1 Å². The zero-order chi connectivity index (χ0) is 14.0. The van der Waals surface area contributed by atoms with Gasteiger partial charge < -0.3 is 10.4 Å². The minimum Gasteiger partial charge on any atom is -0.477 e. The number of aromatic carboxylic acids is 1. The van der Waals surface area contributed by atoms with Crippen LogP contribution >= 0.6 is 11.3 Å². The van der Waals surface area contributed by atoms with Gasteiger partial charge in [-0.15, -0.1) is 11.3 Å². The molecule has 2 rings (SSSR count). The molecule has 100 valence electrons. The second-order valence-corrected chi connectivity index (χ2v) is 5.54. The monoisotopic (exact) mass is 279 g/mol. The second-order valence-electron chi connectivity index (χ2n) is 4.28. The molecule has 0 unspecified atom stereocenters. The highest BCUT2D eigenvalue weighted by molar-refractivity contribution is 7.14. The van der Waals surface area contributed by atoms with E-state index in [9.17, 15) is 9.18 Å². The zero-order valence-electron chi connectivity index (χ0n) is 10.7. The van der Waals surface area contributed by atoms with Crippen molar-refractivity contribution in [3.8, 4) is 0 Å². The first-order valence-electron chi connectivity index (χ1n) is 5.80. The standard InChI is InChI=1S/C14H14FNO2S/c1-8-4-3-5-11(15)13(8)16-7-10-6-12(14(17)18)19-9(10)2/h3-6,16H,7H2,1-2H3,(H,17,18). The molecule has 0 saturated carbocycles. The number of carbonyl (C=O) groups is 1. The molecule has 0 aliphatic rings. The molecule has 0 bridgehead atoms. The number of carboxylic acid groups (broad SMARTS) is 1. The molecule has 1 heterocycles. The van der Waals surface area contributed by atoms with Gasteiger partial charge in [0.2, 0.25) is 0 Å². The molecule has 0 amide bonds. The predicted molar refractivity (Wildman–Crippen MR) is 74.5 cm³/mol. The number of benzene rings is 1. The minimum atomic E-state index is -0.929. The number of hydrogen-bond acceptors (Lipinski definition) is 3. The van der Waals surface area contributed by atoms with Crippen molar-refractivity contribution in [2.45, 2.75) is 20.4 Å². The fraction of sp³-hybridized carbons (Fsp3) is 0.214. The lowest BCUT2D eigenvalue weighted by molar-refractivity contribution is 0.0702. The molecule has 1 aromatic heterocycles. The summed E-state index contributed by atoms with van der Waals surface area (Å²) in [4.78, 5) is 12.1. The van der Waals surface area contributed by atoms with E-state index in [1.54, 1.807) is 12.1 Å². The van der Waals surface area contributed by atoms with Crippen molar-refractivity contribution in [2.75, 3.05) is 5.32 Å². The van der Waals surface area contributed by atoms with Gasteiger partial charge in [0.25, 0.3) is 0 Å². The van der Waals surface area contributed by atoms with E-state index in [2.05, 4.69) is 5.32 Å². The van der Waals surface area contributed by atoms with Crippen LogP contribution in [0.4, 0.5) is 10.1 Å². The van der Waals surface area contributed by atoms with E-state index in [0.29, 0.717) is 17.1 Å². The first-order chi connectivity index (χ1) is 8.99. The van der Waals surface area contributed by atoms with Crippen LogP contribution in [-0.2, 0) is 6.54 Å². The van der Waals surface area contributed by atoms with Crippen molar-refractivity contribution in [1.29, 1.82) is 0 Å². The van der Waals surface area contributed by atoms with Gasteiger partial charge in [0.1, 0.15) is 10.7 Å². The van der Waals surface area contributed by atoms with Gasteiger partial charge in [0.15, 0.2) is 0 Å². The summed E-state index contributed by atoms with van der Waals surface area (Å²) in [5.74, 6) is -1.23. The Bertz CT molecular complexity index is 602. The molecule has 0 aliphatic heterocycles. The van der Waals surface area contributed by atoms with Crippen molar-refractivity contribution < 1.29 is 14.3 Å². The summed E-state index contributed by atoms with van der Waals surface area (Å²) in [5.41, 5.74) is 2.17. The van der Waals surface area contributed by atoms with E-state index in [0.717, 1.165) is 16.0 Å². The third kappa shape index (κ3) is 2.93. The highest BCUT2D eigenvalue weighted by atomic mass is 32.1. The van der Waals surface area contributed by atoms with Gasteiger partial charge in [0.05, 0.1) is 5.69 Å². The van der Waals surface area contributed by atoms with Crippen LogP contribution in [0.5, 0.6) is 0 Å². The Morgan fingerprint density at radius 3 is 2.74 bits per heavy atom. The van der Waals surface area contributed by atoms with Crippen LogP contribution in [0.2, 0.25) is 0 Å². The molecule has 2 aromatic rings. The molecule has 2 N–H and O–H groups in total. The Morgan fingerprint density at radius 1 is 1.42 bits per heavy atom. The molecular weight excluding hydrogens is 265 g/mol. The summed E-state index contributed by atoms with van der Waals surface area (Å²) < 4.78 is 13.6. The topological polar surface area (TPSA) is 49.3 Å². The molecule has 0 spiro atoms. The van der Waals surface area contributed by atoms with E-state index in [1.807, 2.05) is 19.9 Å². The quantitative estimate of drug-likeness (QED) is 0.894. The fourth-order valence-electron chi connectivity index (χ4n) is 1.84. The van der Waals surface area contributed by atoms with Crippen LogP contribution in [0.3, 0.4) is 0 Å². The van der Waals surface area contributed by atoms with Gasteiger partial charge in [-0.2, -0.15) is 0 Å². The number of para-hydroxylation sites is 1. The minimum absolute atomic E-state index is 0.300. The number of thiophene rings is 1. The lowest BCUT2D eigenvalue weighted by Gasteiger charge is -2.10. The Hall–Kier alpha value is -1.88. The summed E-state index contributed by atoms with van der Waals surface area (Å²) in [6, 6.07) is 6.52. The average molecular weight is 279 g/mol. The van der Waals surface area contributed by atoms with Gasteiger partial charge in [-0.25, -0.2) is 9.18 Å². The van der Waals surface area contributed by atoms with E-state index in [-0.39, 0.29) is 5.82 Å². The van der Waals surface area contributed by atoms with Crippen molar-refractivity contribution in [2.24, 2.45) is 0 Å². The van der Waals surface area contributed by atoms with Gasteiger partial charge in [-0.3, -0.25) is 0 Å². The van der Waals surface area contributed by atoms with Crippen molar-refractivity contribution in [3.05, 3.63) is 51.0 Å². The fourth-order valence-corrected chi connectivity index (χ4v) is 2.72. The highest BCUT2D eigenvalue weighted by Gasteiger charge is 2.12. The first-order valence-corrected chi connectivity index (χ1v) is 6.62. The summed E-state index contributed by atoms with van der Waals surface area (Å²) in [6.07, 6.45) is 0. The van der Waals surface area contributed by atoms with Crippen LogP contribution in [0.15, 0.2) is 24.3 Å². The van der Waals surface area contributed by atoms with Crippen LogP contribution in [0.25, 0.3) is 0 Å². The first kappa shape index (κ1) is 13.5. The highest BCUT2D eigenvalue weighted by Crippen LogP contribution is 2.24. The Labute approximate surface area is 114 Å².